The molecule has 1 amide bonds. The van der Waals surface area contributed by atoms with Crippen molar-refractivity contribution in [2.24, 2.45) is 5.92 Å². The summed E-state index contributed by atoms with van der Waals surface area (Å²) in [7, 11) is 0. The van der Waals surface area contributed by atoms with E-state index in [9.17, 15) is 9.59 Å². The third kappa shape index (κ3) is 4.08. The van der Waals surface area contributed by atoms with Crippen LogP contribution in [-0.4, -0.2) is 36.2 Å². The number of carboxylic acids is 1. The highest BCUT2D eigenvalue weighted by molar-refractivity contribution is 6.31. The molecule has 1 aliphatic rings. The maximum Gasteiger partial charge on any atom is 0.328 e. The van der Waals surface area contributed by atoms with Gasteiger partial charge in [0.25, 0.3) is 0 Å². The third-order valence-corrected chi connectivity index (χ3v) is 3.91. The van der Waals surface area contributed by atoms with Crippen molar-refractivity contribution >= 4 is 23.5 Å². The van der Waals surface area contributed by atoms with Gasteiger partial charge in [-0.3, -0.25) is 4.79 Å². The molecule has 1 fully saturated rings. The second-order valence-corrected chi connectivity index (χ2v) is 5.60. The molecule has 0 bridgehead atoms. The summed E-state index contributed by atoms with van der Waals surface area (Å²) in [4.78, 5) is 23.3. The van der Waals surface area contributed by atoms with Crippen LogP contribution < -0.4 is 5.32 Å². The van der Waals surface area contributed by atoms with Gasteiger partial charge in [0.2, 0.25) is 5.91 Å². The lowest BCUT2D eigenvalue weighted by molar-refractivity contribution is -0.143. The van der Waals surface area contributed by atoms with Gasteiger partial charge in [0, 0.05) is 10.9 Å². The lowest BCUT2D eigenvalue weighted by Gasteiger charge is -2.14. The van der Waals surface area contributed by atoms with E-state index >= 15 is 0 Å². The minimum absolute atomic E-state index is 0.0530. The van der Waals surface area contributed by atoms with Crippen molar-refractivity contribution < 1.29 is 19.4 Å². The largest absolute Gasteiger partial charge is 0.480 e. The quantitative estimate of drug-likeness (QED) is 0.568. The molecule has 22 heavy (non-hydrogen) atoms. The molecule has 5 nitrogen and oxygen atoms in total. The molecule has 2 N–H and O–H groups in total. The van der Waals surface area contributed by atoms with Crippen LogP contribution in [-0.2, 0) is 14.3 Å². The molecule has 0 spiro atoms. The average molecular weight is 324 g/mol. The van der Waals surface area contributed by atoms with E-state index in [4.69, 9.17) is 21.4 Å². The first-order valence-corrected chi connectivity index (χ1v) is 7.38. The Bertz CT molecular complexity index is 575. The number of halogens is 1. The number of hydrogen-bond donors (Lipinski definition) is 2. The first kappa shape index (κ1) is 16.5. The molecular formula is C16H18ClNO4. The van der Waals surface area contributed by atoms with Crippen LogP contribution >= 0.6 is 11.6 Å². The van der Waals surface area contributed by atoms with E-state index in [0.29, 0.717) is 11.4 Å². The van der Waals surface area contributed by atoms with E-state index in [-0.39, 0.29) is 31.0 Å². The molecule has 1 aliphatic carbocycles. The van der Waals surface area contributed by atoms with Gasteiger partial charge < -0.3 is 15.2 Å². The lowest BCUT2D eigenvalue weighted by atomic mass is 10.1. The normalized spacial score (nSPS) is 21.0. The highest BCUT2D eigenvalue weighted by Crippen LogP contribution is 2.49. The zero-order chi connectivity index (χ0) is 16.1. The van der Waals surface area contributed by atoms with E-state index in [0.717, 1.165) is 5.56 Å². The van der Waals surface area contributed by atoms with Crippen LogP contribution in [0.2, 0.25) is 5.02 Å². The molecule has 6 heteroatoms. The lowest BCUT2D eigenvalue weighted by Crippen LogP contribution is -2.44. The van der Waals surface area contributed by atoms with E-state index in [2.05, 4.69) is 11.9 Å². The van der Waals surface area contributed by atoms with Crippen LogP contribution in [0.4, 0.5) is 0 Å². The zero-order valence-electron chi connectivity index (χ0n) is 12.0. The first-order valence-electron chi connectivity index (χ1n) is 7.00. The number of rotatable bonds is 8. The molecule has 1 aromatic carbocycles. The Hall–Kier alpha value is -1.85. The molecular weight excluding hydrogens is 306 g/mol. The molecule has 118 valence electrons. The first-order chi connectivity index (χ1) is 10.5. The monoisotopic (exact) mass is 323 g/mol. The molecule has 0 heterocycles. The summed E-state index contributed by atoms with van der Waals surface area (Å²) in [6, 6.07) is 6.33. The smallest absolute Gasteiger partial charge is 0.328 e. The Labute approximate surface area is 133 Å². The van der Waals surface area contributed by atoms with Crippen molar-refractivity contribution in [1.82, 2.24) is 5.32 Å². The van der Waals surface area contributed by atoms with Crippen LogP contribution in [0, 0.1) is 5.92 Å². The molecule has 0 aliphatic heterocycles. The van der Waals surface area contributed by atoms with Gasteiger partial charge in [-0.2, -0.15) is 0 Å². The van der Waals surface area contributed by atoms with Crippen molar-refractivity contribution in [3.05, 3.63) is 47.5 Å². The summed E-state index contributed by atoms with van der Waals surface area (Å²) < 4.78 is 5.10. The number of ether oxygens (including phenoxy) is 1. The van der Waals surface area contributed by atoms with Crippen molar-refractivity contribution in [3.8, 4) is 0 Å². The van der Waals surface area contributed by atoms with Crippen molar-refractivity contribution in [3.63, 3.8) is 0 Å². The minimum atomic E-state index is -1.12. The van der Waals surface area contributed by atoms with Gasteiger partial charge in [-0.25, -0.2) is 4.79 Å². The van der Waals surface area contributed by atoms with Crippen LogP contribution in [0.1, 0.15) is 17.9 Å². The fourth-order valence-corrected chi connectivity index (χ4v) is 2.60. The van der Waals surface area contributed by atoms with Gasteiger partial charge in [-0.05, 0) is 24.0 Å². The highest BCUT2D eigenvalue weighted by Gasteiger charge is 2.45. The maximum atomic E-state index is 12.2. The van der Waals surface area contributed by atoms with Gasteiger partial charge in [0.05, 0.1) is 13.2 Å². The van der Waals surface area contributed by atoms with Crippen LogP contribution in [0.5, 0.6) is 0 Å². The fourth-order valence-electron chi connectivity index (χ4n) is 2.33. The number of aliphatic carboxylic acids is 1. The van der Waals surface area contributed by atoms with Gasteiger partial charge in [0.1, 0.15) is 0 Å². The molecule has 1 saturated carbocycles. The SMILES string of the molecule is C=CCOCC(NC(=O)C1CC1c1ccccc1Cl)C(=O)O. The Morgan fingerprint density at radius 1 is 1.50 bits per heavy atom. The number of carbonyl (C=O) groups excluding carboxylic acids is 1. The summed E-state index contributed by atoms with van der Waals surface area (Å²) in [6.45, 7) is 3.64. The van der Waals surface area contributed by atoms with Gasteiger partial charge in [-0.15, -0.1) is 6.58 Å². The van der Waals surface area contributed by atoms with Gasteiger partial charge >= 0.3 is 5.97 Å². The molecule has 1 aromatic rings. The summed E-state index contributed by atoms with van der Waals surface area (Å²) in [5.74, 6) is -1.58. The van der Waals surface area contributed by atoms with E-state index in [1.54, 1.807) is 6.07 Å². The highest BCUT2D eigenvalue weighted by atomic mass is 35.5. The summed E-state index contributed by atoms with van der Waals surface area (Å²) in [6.07, 6.45) is 2.20. The van der Waals surface area contributed by atoms with E-state index in [1.165, 1.54) is 6.08 Å². The predicted molar refractivity (Wildman–Crippen MR) is 82.9 cm³/mol. The van der Waals surface area contributed by atoms with Gasteiger partial charge in [0.15, 0.2) is 6.04 Å². The summed E-state index contributed by atoms with van der Waals surface area (Å²) in [5.41, 5.74) is 0.930. The van der Waals surface area contributed by atoms with Crippen molar-refractivity contribution in [2.75, 3.05) is 13.2 Å². The maximum absolute atomic E-state index is 12.2. The van der Waals surface area contributed by atoms with Crippen LogP contribution in [0.25, 0.3) is 0 Å². The standard InChI is InChI=1S/C16H18ClNO4/c1-2-7-22-9-14(16(20)21)18-15(19)12-8-11(12)10-5-3-4-6-13(10)17/h2-6,11-12,14H,1,7-9H2,(H,18,19)(H,20,21). The third-order valence-electron chi connectivity index (χ3n) is 3.57. The number of carboxylic acid groups (broad SMARTS) is 1. The second kappa shape index (κ2) is 7.42. The molecule has 0 radical (unpaired) electrons. The van der Waals surface area contributed by atoms with E-state index < -0.39 is 12.0 Å². The second-order valence-electron chi connectivity index (χ2n) is 5.20. The van der Waals surface area contributed by atoms with E-state index in [1.807, 2.05) is 18.2 Å². The number of carbonyl (C=O) groups is 2. The minimum Gasteiger partial charge on any atom is -0.480 e. The van der Waals surface area contributed by atoms with Crippen molar-refractivity contribution in [1.29, 1.82) is 0 Å². The Kier molecular flexibility index (Phi) is 5.57. The van der Waals surface area contributed by atoms with Crippen LogP contribution in [0.3, 0.4) is 0 Å². The Morgan fingerprint density at radius 3 is 2.86 bits per heavy atom. The molecule has 2 rings (SSSR count). The topological polar surface area (TPSA) is 75.6 Å². The number of benzene rings is 1. The number of hydrogen-bond acceptors (Lipinski definition) is 3. The molecule has 3 unspecified atom stereocenters. The Balaban J connectivity index is 1.91. The average Bonchev–Trinajstić information content (AvgIpc) is 3.27. The van der Waals surface area contributed by atoms with Crippen molar-refractivity contribution in [2.45, 2.75) is 18.4 Å². The number of nitrogens with one attached hydrogen (secondary N) is 1. The predicted octanol–water partition coefficient (Wildman–Crippen LogP) is 2.22. The summed E-state index contributed by atoms with van der Waals surface area (Å²) in [5, 5.41) is 12.3. The molecule has 0 aromatic heterocycles. The number of amides is 1. The zero-order valence-corrected chi connectivity index (χ0v) is 12.8. The van der Waals surface area contributed by atoms with Crippen LogP contribution in [0.15, 0.2) is 36.9 Å². The van der Waals surface area contributed by atoms with Gasteiger partial charge in [-0.1, -0.05) is 35.9 Å². The fraction of sp³-hybridized carbons (Fsp3) is 0.375. The molecule has 0 saturated heterocycles. The molecule has 3 atom stereocenters. The Morgan fingerprint density at radius 2 is 2.23 bits per heavy atom. The summed E-state index contributed by atoms with van der Waals surface area (Å²) >= 11 is 6.11.